The number of rotatable bonds is 6. The van der Waals surface area contributed by atoms with Crippen LogP contribution in [0.3, 0.4) is 0 Å². The summed E-state index contributed by atoms with van der Waals surface area (Å²) in [6.45, 7) is 4.84. The molecule has 0 aliphatic heterocycles. The van der Waals surface area contributed by atoms with Crippen molar-refractivity contribution in [1.82, 2.24) is 4.90 Å². The highest BCUT2D eigenvalue weighted by molar-refractivity contribution is 5.95. The first kappa shape index (κ1) is 14.8. The van der Waals surface area contributed by atoms with E-state index in [1.807, 2.05) is 13.8 Å². The van der Waals surface area contributed by atoms with Crippen LogP contribution in [0.1, 0.15) is 43.5 Å². The van der Waals surface area contributed by atoms with Gasteiger partial charge in [-0.3, -0.25) is 4.79 Å². The second-order valence-electron chi connectivity index (χ2n) is 5.06. The molecule has 110 valence electrons. The third kappa shape index (κ3) is 3.08. The molecule has 0 unspecified atom stereocenters. The molecule has 1 aromatic rings. The van der Waals surface area contributed by atoms with E-state index in [-0.39, 0.29) is 23.2 Å². The number of halogens is 2. The van der Waals surface area contributed by atoms with E-state index in [2.05, 4.69) is 5.32 Å². The molecule has 1 amide bonds. The lowest BCUT2D eigenvalue weighted by molar-refractivity contribution is 0.0751. The van der Waals surface area contributed by atoms with Crippen LogP contribution in [0.15, 0.2) is 12.1 Å². The Morgan fingerprint density at radius 2 is 1.90 bits per heavy atom. The first-order chi connectivity index (χ1) is 9.58. The highest BCUT2D eigenvalue weighted by Crippen LogP contribution is 2.29. The maximum Gasteiger partial charge on any atom is 0.254 e. The van der Waals surface area contributed by atoms with Crippen LogP contribution in [0.4, 0.5) is 14.5 Å². The van der Waals surface area contributed by atoms with Crippen molar-refractivity contribution in [3.8, 4) is 0 Å². The molecule has 0 spiro atoms. The fraction of sp³-hybridized carbons (Fsp3) is 0.533. The van der Waals surface area contributed by atoms with Crippen molar-refractivity contribution in [3.63, 3.8) is 0 Å². The van der Waals surface area contributed by atoms with Gasteiger partial charge in [-0.25, -0.2) is 8.78 Å². The van der Waals surface area contributed by atoms with Crippen LogP contribution in [0.2, 0.25) is 0 Å². The zero-order valence-corrected chi connectivity index (χ0v) is 11.9. The molecule has 0 atom stereocenters. The van der Waals surface area contributed by atoms with Crippen molar-refractivity contribution in [3.05, 3.63) is 29.3 Å². The Bertz CT molecular complexity index is 478. The summed E-state index contributed by atoms with van der Waals surface area (Å²) in [5.41, 5.74) is -0.0753. The Morgan fingerprint density at radius 3 is 2.35 bits per heavy atom. The Morgan fingerprint density at radius 1 is 1.30 bits per heavy atom. The molecule has 0 radical (unpaired) electrons. The number of hydrogen-bond donors (Lipinski definition) is 1. The number of amides is 1. The average molecular weight is 282 g/mol. The Hall–Kier alpha value is -1.65. The predicted octanol–water partition coefficient (Wildman–Crippen LogP) is 3.41. The van der Waals surface area contributed by atoms with Gasteiger partial charge >= 0.3 is 0 Å². The summed E-state index contributed by atoms with van der Waals surface area (Å²) in [7, 11) is 0. The van der Waals surface area contributed by atoms with E-state index < -0.39 is 11.6 Å². The van der Waals surface area contributed by atoms with E-state index in [1.54, 1.807) is 4.90 Å². The summed E-state index contributed by atoms with van der Waals surface area (Å²) >= 11 is 0. The van der Waals surface area contributed by atoms with Gasteiger partial charge in [-0.1, -0.05) is 6.92 Å². The highest BCUT2D eigenvalue weighted by atomic mass is 19.1. The number of hydrogen-bond acceptors (Lipinski definition) is 2. The molecule has 1 fully saturated rings. The molecule has 1 saturated carbocycles. The number of anilines is 1. The Kier molecular flexibility index (Phi) is 4.57. The second-order valence-corrected chi connectivity index (χ2v) is 5.06. The number of carbonyl (C=O) groups excluding carboxylic acids is 1. The Balaban J connectivity index is 2.22. The molecule has 0 bridgehead atoms. The lowest BCUT2D eigenvalue weighted by Gasteiger charge is -2.21. The molecule has 1 aliphatic carbocycles. The zero-order chi connectivity index (χ0) is 14.7. The summed E-state index contributed by atoms with van der Waals surface area (Å²) in [6, 6.07) is 2.47. The van der Waals surface area contributed by atoms with E-state index >= 15 is 0 Å². The average Bonchev–Trinajstić information content (AvgIpc) is 3.23. The van der Waals surface area contributed by atoms with Gasteiger partial charge in [0.05, 0.1) is 0 Å². The minimum Gasteiger partial charge on any atom is -0.380 e. The highest BCUT2D eigenvalue weighted by Gasteiger charge is 2.32. The first-order valence-corrected chi connectivity index (χ1v) is 7.12. The topological polar surface area (TPSA) is 32.3 Å². The van der Waals surface area contributed by atoms with Crippen LogP contribution >= 0.6 is 0 Å². The molecular formula is C15H20F2N2O. The lowest BCUT2D eigenvalue weighted by atomic mass is 10.1. The lowest BCUT2D eigenvalue weighted by Crippen LogP contribution is -2.33. The Labute approximate surface area is 118 Å². The molecule has 3 nitrogen and oxygen atoms in total. The molecule has 0 saturated heterocycles. The van der Waals surface area contributed by atoms with Crippen molar-refractivity contribution in [2.45, 2.75) is 39.2 Å². The van der Waals surface area contributed by atoms with E-state index in [4.69, 9.17) is 0 Å². The van der Waals surface area contributed by atoms with Gasteiger partial charge in [-0.2, -0.15) is 0 Å². The monoisotopic (exact) mass is 282 g/mol. The molecule has 0 aromatic heterocycles. The van der Waals surface area contributed by atoms with Gasteiger partial charge in [0.25, 0.3) is 5.91 Å². The first-order valence-electron chi connectivity index (χ1n) is 7.12. The van der Waals surface area contributed by atoms with Gasteiger partial charge in [0.15, 0.2) is 0 Å². The quantitative estimate of drug-likeness (QED) is 0.867. The molecular weight excluding hydrogens is 262 g/mol. The van der Waals surface area contributed by atoms with E-state index in [9.17, 15) is 13.6 Å². The van der Waals surface area contributed by atoms with E-state index in [0.717, 1.165) is 31.4 Å². The number of nitrogens with zero attached hydrogens (tertiary/aromatic N) is 1. The van der Waals surface area contributed by atoms with Crippen LogP contribution in [-0.2, 0) is 0 Å². The summed E-state index contributed by atoms with van der Waals surface area (Å²) < 4.78 is 27.8. The van der Waals surface area contributed by atoms with Gasteiger partial charge in [0.2, 0.25) is 0 Å². The van der Waals surface area contributed by atoms with Crippen LogP contribution in [0.25, 0.3) is 0 Å². The summed E-state index contributed by atoms with van der Waals surface area (Å²) in [5.74, 6) is -1.72. The predicted molar refractivity (Wildman–Crippen MR) is 74.9 cm³/mol. The number of carbonyl (C=O) groups is 1. The van der Waals surface area contributed by atoms with Gasteiger partial charge in [0.1, 0.15) is 17.3 Å². The fourth-order valence-corrected chi connectivity index (χ4v) is 2.24. The summed E-state index contributed by atoms with van der Waals surface area (Å²) in [6.07, 6.45) is 2.71. The standard InChI is InChI=1S/C15H20F2N2O/c1-3-7-18-14-12(16)8-10(9-13(14)17)15(20)19(4-2)11-5-6-11/h8-9,11,18H,3-7H2,1-2H3. The maximum atomic E-state index is 13.9. The van der Waals surface area contributed by atoms with E-state index in [0.29, 0.717) is 13.1 Å². The van der Waals surface area contributed by atoms with Gasteiger partial charge in [-0.15, -0.1) is 0 Å². The number of nitrogens with one attached hydrogen (secondary N) is 1. The molecule has 0 heterocycles. The third-order valence-electron chi connectivity index (χ3n) is 3.43. The molecule has 1 aliphatic rings. The summed E-state index contributed by atoms with van der Waals surface area (Å²) in [5, 5.41) is 2.70. The van der Waals surface area contributed by atoms with Gasteiger partial charge in [0, 0.05) is 24.7 Å². The minimum atomic E-state index is -0.714. The largest absolute Gasteiger partial charge is 0.380 e. The third-order valence-corrected chi connectivity index (χ3v) is 3.43. The van der Waals surface area contributed by atoms with Crippen molar-refractivity contribution in [2.75, 3.05) is 18.4 Å². The second kappa shape index (κ2) is 6.20. The molecule has 1 N–H and O–H groups in total. The SMILES string of the molecule is CCCNc1c(F)cc(C(=O)N(CC)C2CC2)cc1F. The van der Waals surface area contributed by atoms with Gasteiger partial charge in [-0.05, 0) is 38.3 Å². The zero-order valence-electron chi connectivity index (χ0n) is 11.9. The summed E-state index contributed by atoms with van der Waals surface area (Å²) in [4.78, 5) is 13.9. The molecule has 20 heavy (non-hydrogen) atoms. The van der Waals surface area contributed by atoms with Gasteiger partial charge < -0.3 is 10.2 Å². The molecule has 2 rings (SSSR count). The van der Waals surface area contributed by atoms with Crippen molar-refractivity contribution in [2.24, 2.45) is 0 Å². The molecule has 5 heteroatoms. The normalized spacial score (nSPS) is 14.2. The fourth-order valence-electron chi connectivity index (χ4n) is 2.24. The van der Waals surface area contributed by atoms with Crippen LogP contribution in [-0.4, -0.2) is 29.9 Å². The number of benzene rings is 1. The van der Waals surface area contributed by atoms with Crippen molar-refractivity contribution in [1.29, 1.82) is 0 Å². The van der Waals surface area contributed by atoms with Crippen LogP contribution in [0.5, 0.6) is 0 Å². The van der Waals surface area contributed by atoms with Crippen LogP contribution < -0.4 is 5.32 Å². The van der Waals surface area contributed by atoms with Crippen molar-refractivity contribution >= 4 is 11.6 Å². The minimum absolute atomic E-state index is 0.0794. The maximum absolute atomic E-state index is 13.9. The van der Waals surface area contributed by atoms with Crippen LogP contribution in [0, 0.1) is 11.6 Å². The van der Waals surface area contributed by atoms with Crippen molar-refractivity contribution < 1.29 is 13.6 Å². The molecule has 1 aromatic carbocycles. The van der Waals surface area contributed by atoms with E-state index in [1.165, 1.54) is 0 Å². The smallest absolute Gasteiger partial charge is 0.254 e.